The normalized spacial score (nSPS) is 12.0. The van der Waals surface area contributed by atoms with Gasteiger partial charge in [-0.2, -0.15) is 0 Å². The van der Waals surface area contributed by atoms with Crippen molar-refractivity contribution >= 4 is 40.2 Å². The molecule has 0 spiro atoms. The van der Waals surface area contributed by atoms with E-state index in [1.54, 1.807) is 19.1 Å². The van der Waals surface area contributed by atoms with Crippen molar-refractivity contribution in [2.24, 2.45) is 0 Å². The van der Waals surface area contributed by atoms with E-state index in [-0.39, 0.29) is 23.8 Å². The smallest absolute Gasteiger partial charge is 0.293 e. The zero-order chi connectivity index (χ0) is 17.0. The maximum absolute atomic E-state index is 12.2. The van der Waals surface area contributed by atoms with Gasteiger partial charge in [0.2, 0.25) is 0 Å². The summed E-state index contributed by atoms with van der Waals surface area (Å²) < 4.78 is 0.716. The van der Waals surface area contributed by atoms with E-state index in [9.17, 15) is 14.9 Å². The number of nitrogens with one attached hydrogen (secondary N) is 2. The summed E-state index contributed by atoms with van der Waals surface area (Å²) in [6.07, 6.45) is 0. The van der Waals surface area contributed by atoms with E-state index < -0.39 is 4.92 Å². The Kier molecular flexibility index (Phi) is 5.70. The molecule has 2 N–H and O–H groups in total. The molecular formula is C15H17ClN3O3S+. The lowest BCUT2D eigenvalue weighted by Crippen LogP contribution is -3.08. The molecule has 0 aliphatic carbocycles. The van der Waals surface area contributed by atoms with Gasteiger partial charge in [0.05, 0.1) is 21.2 Å². The third-order valence-electron chi connectivity index (χ3n) is 3.28. The molecule has 1 atom stereocenters. The fourth-order valence-electron chi connectivity index (χ4n) is 2.23. The molecule has 1 amide bonds. The van der Waals surface area contributed by atoms with E-state index in [2.05, 4.69) is 5.32 Å². The van der Waals surface area contributed by atoms with Crippen LogP contribution in [0.4, 0.5) is 11.4 Å². The number of nitro benzene ring substituents is 1. The standard InChI is InChI=1S/C15H16ClN3O3S/c1-10-4-3-5-12(19(21)22)15(10)17-14(20)9-18(2)8-11-6-7-13(16)23-11/h3-7H,8-9H2,1-2H3,(H,17,20)/p+1. The van der Waals surface area contributed by atoms with Crippen molar-refractivity contribution in [1.29, 1.82) is 0 Å². The van der Waals surface area contributed by atoms with Crippen LogP contribution in [0.3, 0.4) is 0 Å². The number of carbonyl (C=O) groups is 1. The van der Waals surface area contributed by atoms with E-state index in [0.29, 0.717) is 16.4 Å². The summed E-state index contributed by atoms with van der Waals surface area (Å²) in [5.41, 5.74) is 0.825. The van der Waals surface area contributed by atoms with Crippen molar-refractivity contribution in [3.05, 3.63) is 55.2 Å². The van der Waals surface area contributed by atoms with E-state index in [0.717, 1.165) is 9.78 Å². The molecule has 6 nitrogen and oxygen atoms in total. The molecule has 1 unspecified atom stereocenters. The topological polar surface area (TPSA) is 76.7 Å². The first-order valence-corrected chi connectivity index (χ1v) is 8.15. The monoisotopic (exact) mass is 354 g/mol. The Morgan fingerprint density at radius 3 is 2.74 bits per heavy atom. The summed E-state index contributed by atoms with van der Waals surface area (Å²) in [5, 5.41) is 13.7. The molecule has 0 fully saturated rings. The number of anilines is 1. The summed E-state index contributed by atoms with van der Waals surface area (Å²) in [5.74, 6) is -0.262. The van der Waals surface area contributed by atoms with Crippen LogP contribution in [0, 0.1) is 17.0 Å². The number of rotatable bonds is 6. The van der Waals surface area contributed by atoms with E-state index in [4.69, 9.17) is 11.6 Å². The highest BCUT2D eigenvalue weighted by molar-refractivity contribution is 7.16. The van der Waals surface area contributed by atoms with Crippen LogP contribution in [0.15, 0.2) is 30.3 Å². The summed E-state index contributed by atoms with van der Waals surface area (Å²) >= 11 is 7.37. The first-order chi connectivity index (χ1) is 10.9. The molecule has 0 aliphatic heterocycles. The van der Waals surface area contributed by atoms with Gasteiger partial charge in [-0.3, -0.25) is 14.9 Å². The molecule has 0 radical (unpaired) electrons. The lowest BCUT2D eigenvalue weighted by molar-refractivity contribution is -0.884. The Hall–Kier alpha value is -1.96. The lowest BCUT2D eigenvalue weighted by Gasteiger charge is -2.13. The Labute approximate surface area is 142 Å². The van der Waals surface area contributed by atoms with Crippen molar-refractivity contribution in [3.8, 4) is 0 Å². The Balaban J connectivity index is 2.01. The SMILES string of the molecule is Cc1cccc([N+](=O)[O-])c1NC(=O)C[NH+](C)Cc1ccc(Cl)s1. The van der Waals surface area contributed by atoms with Crippen LogP contribution in [-0.2, 0) is 11.3 Å². The summed E-state index contributed by atoms with van der Waals surface area (Å²) in [7, 11) is 1.89. The predicted molar refractivity (Wildman–Crippen MR) is 91.2 cm³/mol. The minimum absolute atomic E-state index is 0.0963. The van der Waals surface area contributed by atoms with Crippen molar-refractivity contribution in [3.63, 3.8) is 0 Å². The third kappa shape index (κ3) is 4.75. The van der Waals surface area contributed by atoms with Crippen molar-refractivity contribution in [2.45, 2.75) is 13.5 Å². The minimum atomic E-state index is -0.493. The molecule has 0 saturated carbocycles. The minimum Gasteiger partial charge on any atom is -0.325 e. The number of thiophene rings is 1. The lowest BCUT2D eigenvalue weighted by atomic mass is 10.1. The van der Waals surface area contributed by atoms with E-state index in [1.165, 1.54) is 17.4 Å². The maximum Gasteiger partial charge on any atom is 0.293 e. The number of nitrogens with zero attached hydrogens (tertiary/aromatic N) is 1. The molecule has 23 heavy (non-hydrogen) atoms. The molecular weight excluding hydrogens is 338 g/mol. The first kappa shape index (κ1) is 17.4. The Morgan fingerprint density at radius 2 is 2.13 bits per heavy atom. The highest BCUT2D eigenvalue weighted by Gasteiger charge is 2.19. The molecule has 1 heterocycles. The first-order valence-electron chi connectivity index (χ1n) is 6.96. The van der Waals surface area contributed by atoms with Gasteiger partial charge >= 0.3 is 0 Å². The van der Waals surface area contributed by atoms with Crippen LogP contribution in [0.1, 0.15) is 10.4 Å². The van der Waals surface area contributed by atoms with Gasteiger partial charge in [0.1, 0.15) is 12.2 Å². The molecule has 122 valence electrons. The molecule has 0 aliphatic rings. The van der Waals surface area contributed by atoms with Crippen molar-refractivity contribution in [1.82, 2.24) is 0 Å². The number of aryl methyl sites for hydroxylation is 1. The molecule has 0 saturated heterocycles. The van der Waals surface area contributed by atoms with Gasteiger partial charge in [-0.15, -0.1) is 11.3 Å². The number of nitro groups is 1. The van der Waals surface area contributed by atoms with Crippen molar-refractivity contribution in [2.75, 3.05) is 18.9 Å². The van der Waals surface area contributed by atoms with E-state index in [1.807, 2.05) is 19.2 Å². The number of halogens is 1. The zero-order valence-corrected chi connectivity index (χ0v) is 14.3. The summed E-state index contributed by atoms with van der Waals surface area (Å²) in [6, 6.07) is 8.47. The van der Waals surface area contributed by atoms with Gasteiger partial charge in [0.15, 0.2) is 6.54 Å². The zero-order valence-electron chi connectivity index (χ0n) is 12.8. The maximum atomic E-state index is 12.2. The molecule has 1 aromatic heterocycles. The van der Waals surface area contributed by atoms with Gasteiger partial charge in [0, 0.05) is 6.07 Å². The number of para-hydroxylation sites is 1. The number of carbonyl (C=O) groups excluding carboxylic acids is 1. The number of likely N-dealkylation sites (N-methyl/N-ethyl adjacent to an activating group) is 1. The van der Waals surface area contributed by atoms with Crippen LogP contribution in [-0.4, -0.2) is 24.4 Å². The summed E-state index contributed by atoms with van der Waals surface area (Å²) in [6.45, 7) is 2.61. The quantitative estimate of drug-likeness (QED) is 0.617. The highest BCUT2D eigenvalue weighted by Crippen LogP contribution is 2.27. The fourth-order valence-corrected chi connectivity index (χ4v) is 3.43. The number of benzene rings is 1. The Morgan fingerprint density at radius 1 is 1.39 bits per heavy atom. The number of amides is 1. The van der Waals surface area contributed by atoms with Crippen molar-refractivity contribution < 1.29 is 14.6 Å². The second kappa shape index (κ2) is 7.54. The van der Waals surface area contributed by atoms with Crippen LogP contribution >= 0.6 is 22.9 Å². The predicted octanol–water partition coefficient (Wildman–Crippen LogP) is 2.27. The average Bonchev–Trinajstić information content (AvgIpc) is 2.85. The van der Waals surface area contributed by atoms with E-state index >= 15 is 0 Å². The Bertz CT molecular complexity index is 733. The van der Waals surface area contributed by atoms with Crippen LogP contribution in [0.2, 0.25) is 4.34 Å². The second-order valence-corrected chi connectivity index (χ2v) is 7.09. The van der Waals surface area contributed by atoms with Gasteiger partial charge in [-0.25, -0.2) is 0 Å². The van der Waals surface area contributed by atoms with Crippen LogP contribution < -0.4 is 10.2 Å². The number of quaternary nitrogens is 1. The molecule has 0 bridgehead atoms. The van der Waals surface area contributed by atoms with Gasteiger partial charge in [-0.05, 0) is 24.6 Å². The van der Waals surface area contributed by atoms with Gasteiger partial charge < -0.3 is 10.2 Å². The highest BCUT2D eigenvalue weighted by atomic mass is 35.5. The van der Waals surface area contributed by atoms with Gasteiger partial charge in [-0.1, -0.05) is 23.7 Å². The third-order valence-corrected chi connectivity index (χ3v) is 4.51. The molecule has 8 heteroatoms. The number of hydrogen-bond donors (Lipinski definition) is 2. The number of hydrogen-bond acceptors (Lipinski definition) is 4. The molecule has 2 rings (SSSR count). The van der Waals surface area contributed by atoms with Crippen LogP contribution in [0.25, 0.3) is 0 Å². The molecule has 2 aromatic rings. The van der Waals surface area contributed by atoms with Crippen LogP contribution in [0.5, 0.6) is 0 Å². The summed E-state index contributed by atoms with van der Waals surface area (Å²) in [4.78, 5) is 24.8. The molecule has 1 aromatic carbocycles. The largest absolute Gasteiger partial charge is 0.325 e. The fraction of sp³-hybridized carbons (Fsp3) is 0.267. The second-order valence-electron chi connectivity index (χ2n) is 5.29. The average molecular weight is 355 g/mol. The van der Waals surface area contributed by atoms with Gasteiger partial charge in [0.25, 0.3) is 11.6 Å².